The van der Waals surface area contributed by atoms with E-state index in [1.165, 1.54) is 0 Å². The summed E-state index contributed by atoms with van der Waals surface area (Å²) in [5, 5.41) is 3.73. The molecular formula is C22H19ClN2OS. The Morgan fingerprint density at radius 1 is 1.11 bits per heavy atom. The van der Waals surface area contributed by atoms with E-state index in [0.717, 1.165) is 38.5 Å². The normalized spacial score (nSPS) is 15.6. The van der Waals surface area contributed by atoms with Gasteiger partial charge >= 0.3 is 0 Å². The number of aliphatic imine (C=N–C) groups is 1. The van der Waals surface area contributed by atoms with Crippen molar-refractivity contribution in [2.75, 3.05) is 12.3 Å². The van der Waals surface area contributed by atoms with E-state index in [1.54, 1.807) is 16.7 Å². The van der Waals surface area contributed by atoms with Crippen molar-refractivity contribution in [3.63, 3.8) is 0 Å². The minimum absolute atomic E-state index is 0.0785. The second-order valence-electron chi connectivity index (χ2n) is 6.49. The highest BCUT2D eigenvalue weighted by Crippen LogP contribution is 2.29. The molecule has 27 heavy (non-hydrogen) atoms. The standard InChI is InChI=1S/C22H19ClN2OS/c1-15-19(23)10-5-11-20(15)24-22-25(12-13-27-22)21(26)14-17-8-4-7-16-6-2-3-9-18(16)17/h2-11H,12-14H2,1H3. The summed E-state index contributed by atoms with van der Waals surface area (Å²) in [6, 6.07) is 20.0. The molecule has 0 bridgehead atoms. The first-order valence-electron chi connectivity index (χ1n) is 8.87. The zero-order chi connectivity index (χ0) is 18.8. The van der Waals surface area contributed by atoms with Gasteiger partial charge in [0.1, 0.15) is 0 Å². The first-order valence-corrected chi connectivity index (χ1v) is 10.2. The number of hydrogen-bond acceptors (Lipinski definition) is 3. The van der Waals surface area contributed by atoms with Gasteiger partial charge in [0, 0.05) is 17.3 Å². The second kappa shape index (κ2) is 7.75. The Bertz CT molecular complexity index is 1040. The van der Waals surface area contributed by atoms with Crippen molar-refractivity contribution >= 4 is 50.9 Å². The second-order valence-corrected chi connectivity index (χ2v) is 7.96. The summed E-state index contributed by atoms with van der Waals surface area (Å²) in [5.74, 6) is 0.939. The summed E-state index contributed by atoms with van der Waals surface area (Å²) in [7, 11) is 0. The van der Waals surface area contributed by atoms with E-state index < -0.39 is 0 Å². The molecule has 3 aromatic rings. The van der Waals surface area contributed by atoms with Gasteiger partial charge in [-0.25, -0.2) is 4.99 Å². The molecule has 0 saturated carbocycles. The van der Waals surface area contributed by atoms with Crippen molar-refractivity contribution in [1.29, 1.82) is 0 Å². The number of rotatable bonds is 3. The highest BCUT2D eigenvalue weighted by molar-refractivity contribution is 8.14. The molecule has 0 unspecified atom stereocenters. The summed E-state index contributed by atoms with van der Waals surface area (Å²) in [4.78, 5) is 19.5. The molecule has 136 valence electrons. The average molecular weight is 395 g/mol. The molecule has 0 atom stereocenters. The highest BCUT2D eigenvalue weighted by atomic mass is 35.5. The smallest absolute Gasteiger partial charge is 0.233 e. The van der Waals surface area contributed by atoms with Crippen LogP contribution in [0.3, 0.4) is 0 Å². The number of benzene rings is 3. The molecule has 3 nitrogen and oxygen atoms in total. The Morgan fingerprint density at radius 2 is 1.89 bits per heavy atom. The van der Waals surface area contributed by atoms with Gasteiger partial charge in [-0.2, -0.15) is 0 Å². The molecule has 1 aliphatic rings. The van der Waals surface area contributed by atoms with Gasteiger partial charge in [-0.3, -0.25) is 9.69 Å². The van der Waals surface area contributed by atoms with E-state index in [0.29, 0.717) is 18.0 Å². The maximum Gasteiger partial charge on any atom is 0.233 e. The number of amides is 1. The maximum atomic E-state index is 13.0. The topological polar surface area (TPSA) is 32.7 Å². The lowest BCUT2D eigenvalue weighted by atomic mass is 10.0. The number of hydrogen-bond donors (Lipinski definition) is 0. The van der Waals surface area contributed by atoms with E-state index in [9.17, 15) is 4.79 Å². The third-order valence-corrected chi connectivity index (χ3v) is 6.12. The minimum Gasteiger partial charge on any atom is -0.290 e. The summed E-state index contributed by atoms with van der Waals surface area (Å²) in [6.45, 7) is 2.64. The summed E-state index contributed by atoms with van der Waals surface area (Å²) in [6.07, 6.45) is 0.370. The van der Waals surface area contributed by atoms with Crippen molar-refractivity contribution in [2.24, 2.45) is 4.99 Å². The van der Waals surface area contributed by atoms with Crippen LogP contribution in [0.2, 0.25) is 5.02 Å². The third-order valence-electron chi connectivity index (χ3n) is 4.75. The van der Waals surface area contributed by atoms with Crippen molar-refractivity contribution in [2.45, 2.75) is 13.3 Å². The fraction of sp³-hybridized carbons (Fsp3) is 0.182. The van der Waals surface area contributed by atoms with Gasteiger partial charge in [-0.05, 0) is 41.0 Å². The molecule has 1 aliphatic heterocycles. The van der Waals surface area contributed by atoms with Crippen LogP contribution in [0.15, 0.2) is 65.7 Å². The molecule has 0 radical (unpaired) electrons. The van der Waals surface area contributed by atoms with Crippen LogP contribution in [-0.4, -0.2) is 28.3 Å². The van der Waals surface area contributed by atoms with Crippen molar-refractivity contribution in [3.05, 3.63) is 76.8 Å². The van der Waals surface area contributed by atoms with E-state index in [2.05, 4.69) is 18.2 Å². The molecule has 4 rings (SSSR count). The van der Waals surface area contributed by atoms with Crippen LogP contribution in [-0.2, 0) is 11.2 Å². The van der Waals surface area contributed by atoms with Crippen molar-refractivity contribution < 1.29 is 4.79 Å². The van der Waals surface area contributed by atoms with Crippen molar-refractivity contribution in [3.8, 4) is 0 Å². The van der Waals surface area contributed by atoms with Crippen LogP contribution in [0.5, 0.6) is 0 Å². The van der Waals surface area contributed by atoms with Gasteiger partial charge < -0.3 is 0 Å². The summed E-state index contributed by atoms with van der Waals surface area (Å²) < 4.78 is 0. The molecule has 0 aliphatic carbocycles. The largest absolute Gasteiger partial charge is 0.290 e. The third kappa shape index (κ3) is 3.73. The van der Waals surface area contributed by atoms with Crippen LogP contribution in [0, 0.1) is 6.92 Å². The Labute approximate surface area is 168 Å². The molecule has 3 aromatic carbocycles. The van der Waals surface area contributed by atoms with Gasteiger partial charge in [-0.1, -0.05) is 71.9 Å². The predicted molar refractivity (Wildman–Crippen MR) is 115 cm³/mol. The molecule has 5 heteroatoms. The number of fused-ring (bicyclic) bond motifs is 1. The van der Waals surface area contributed by atoms with Crippen LogP contribution >= 0.6 is 23.4 Å². The number of carbonyl (C=O) groups is 1. The number of carbonyl (C=O) groups excluding carboxylic acids is 1. The lowest BCUT2D eigenvalue weighted by Crippen LogP contribution is -2.33. The molecule has 1 amide bonds. The Hall–Kier alpha value is -2.30. The lowest BCUT2D eigenvalue weighted by molar-refractivity contribution is -0.126. The molecule has 1 heterocycles. The zero-order valence-corrected chi connectivity index (χ0v) is 16.6. The quantitative estimate of drug-likeness (QED) is 0.578. The van der Waals surface area contributed by atoms with E-state index in [4.69, 9.17) is 16.6 Å². The summed E-state index contributed by atoms with van der Waals surface area (Å²) in [5.41, 5.74) is 2.80. The fourth-order valence-corrected chi connectivity index (χ4v) is 4.39. The molecule has 1 fully saturated rings. The van der Waals surface area contributed by atoms with E-state index in [1.807, 2.05) is 49.4 Å². The van der Waals surface area contributed by atoms with Crippen LogP contribution in [0.1, 0.15) is 11.1 Å². The first-order chi connectivity index (χ1) is 13.1. The van der Waals surface area contributed by atoms with Crippen LogP contribution in [0.25, 0.3) is 10.8 Å². The molecule has 1 saturated heterocycles. The maximum absolute atomic E-state index is 13.0. The monoisotopic (exact) mass is 394 g/mol. The number of thioether (sulfide) groups is 1. The lowest BCUT2D eigenvalue weighted by Gasteiger charge is -2.17. The predicted octanol–water partition coefficient (Wildman–Crippen LogP) is 5.61. The molecule has 0 aromatic heterocycles. The minimum atomic E-state index is 0.0785. The van der Waals surface area contributed by atoms with Gasteiger partial charge in [-0.15, -0.1) is 0 Å². The SMILES string of the molecule is Cc1c(Cl)cccc1N=C1SCCN1C(=O)Cc1cccc2ccccc12. The van der Waals surface area contributed by atoms with E-state index in [-0.39, 0.29) is 5.91 Å². The number of halogens is 1. The molecule has 0 N–H and O–H groups in total. The molecule has 0 spiro atoms. The Kier molecular flexibility index (Phi) is 5.19. The van der Waals surface area contributed by atoms with Gasteiger partial charge in [0.15, 0.2) is 5.17 Å². The Balaban J connectivity index is 1.61. The summed E-state index contributed by atoms with van der Waals surface area (Å²) >= 11 is 7.82. The highest BCUT2D eigenvalue weighted by Gasteiger charge is 2.26. The number of amidine groups is 1. The van der Waals surface area contributed by atoms with Gasteiger partial charge in [0.2, 0.25) is 5.91 Å². The van der Waals surface area contributed by atoms with E-state index >= 15 is 0 Å². The average Bonchev–Trinajstić information content (AvgIpc) is 3.14. The molecular weight excluding hydrogens is 376 g/mol. The van der Waals surface area contributed by atoms with Gasteiger partial charge in [0.05, 0.1) is 12.1 Å². The van der Waals surface area contributed by atoms with Crippen molar-refractivity contribution in [1.82, 2.24) is 4.90 Å². The zero-order valence-electron chi connectivity index (χ0n) is 15.0. The van der Waals surface area contributed by atoms with Crippen LogP contribution < -0.4 is 0 Å². The fourth-order valence-electron chi connectivity index (χ4n) is 3.25. The number of nitrogens with zero attached hydrogens (tertiary/aromatic N) is 2. The van der Waals surface area contributed by atoms with Gasteiger partial charge in [0.25, 0.3) is 0 Å². The van der Waals surface area contributed by atoms with Crippen LogP contribution in [0.4, 0.5) is 5.69 Å². The first kappa shape index (κ1) is 18.1. The Morgan fingerprint density at radius 3 is 2.78 bits per heavy atom.